The molecule has 0 saturated carbocycles. The second-order valence-corrected chi connectivity index (χ2v) is 10.4. The van der Waals surface area contributed by atoms with E-state index < -0.39 is 10.0 Å². The monoisotopic (exact) mass is 448 g/mol. The first-order valence-corrected chi connectivity index (χ1v) is 11.9. The lowest BCUT2D eigenvalue weighted by Gasteiger charge is -2.15. The molecule has 0 amide bonds. The molecule has 0 aliphatic carbocycles. The molecular formula is C20H21FN4O3S2. The van der Waals surface area contributed by atoms with Crippen LogP contribution >= 0.6 is 11.8 Å². The lowest BCUT2D eigenvalue weighted by molar-refractivity contribution is 0.380. The lowest BCUT2D eigenvalue weighted by Crippen LogP contribution is -2.27. The van der Waals surface area contributed by atoms with Crippen molar-refractivity contribution in [2.24, 2.45) is 0 Å². The van der Waals surface area contributed by atoms with Gasteiger partial charge in [0.1, 0.15) is 10.7 Å². The van der Waals surface area contributed by atoms with Gasteiger partial charge in [-0.15, -0.1) is 0 Å². The molecule has 1 aliphatic heterocycles. The molecule has 3 heterocycles. The maximum absolute atomic E-state index is 13.8. The number of pyridine rings is 1. The van der Waals surface area contributed by atoms with Gasteiger partial charge in [0.05, 0.1) is 10.3 Å². The molecule has 0 radical (unpaired) electrons. The SMILES string of the molecule is Cc1ccc(-c2noc(C(C)Sc3ccc(S(=O)(=O)N4CCCC4)cn3)n2)cc1F. The molecule has 1 saturated heterocycles. The number of thioether (sulfide) groups is 1. The minimum absolute atomic E-state index is 0.197. The fourth-order valence-electron chi connectivity index (χ4n) is 3.15. The summed E-state index contributed by atoms with van der Waals surface area (Å²) in [5.41, 5.74) is 1.09. The van der Waals surface area contributed by atoms with Crippen molar-refractivity contribution in [1.82, 2.24) is 19.4 Å². The predicted octanol–water partition coefficient (Wildman–Crippen LogP) is 4.22. The first kappa shape index (κ1) is 21.0. The number of hydrogen-bond acceptors (Lipinski definition) is 7. The normalized spacial score (nSPS) is 16.1. The van der Waals surface area contributed by atoms with E-state index in [-0.39, 0.29) is 16.0 Å². The molecule has 0 spiro atoms. The Morgan fingerprint density at radius 2 is 1.97 bits per heavy atom. The summed E-state index contributed by atoms with van der Waals surface area (Å²) in [5.74, 6) is 0.373. The van der Waals surface area contributed by atoms with Gasteiger partial charge < -0.3 is 4.52 Å². The minimum atomic E-state index is -3.48. The molecule has 1 atom stereocenters. The highest BCUT2D eigenvalue weighted by Gasteiger charge is 2.27. The van der Waals surface area contributed by atoms with E-state index in [0.29, 0.717) is 41.0 Å². The largest absolute Gasteiger partial charge is 0.338 e. The molecule has 158 valence electrons. The van der Waals surface area contributed by atoms with Crippen molar-refractivity contribution < 1.29 is 17.3 Å². The van der Waals surface area contributed by atoms with Gasteiger partial charge in [-0.05, 0) is 50.5 Å². The van der Waals surface area contributed by atoms with Crippen LogP contribution in [0.4, 0.5) is 4.39 Å². The van der Waals surface area contributed by atoms with E-state index in [1.54, 1.807) is 31.2 Å². The summed E-state index contributed by atoms with van der Waals surface area (Å²) in [6, 6.07) is 8.04. The zero-order valence-corrected chi connectivity index (χ0v) is 18.2. The second-order valence-electron chi connectivity index (χ2n) is 7.12. The van der Waals surface area contributed by atoms with Gasteiger partial charge in [0.15, 0.2) is 0 Å². The van der Waals surface area contributed by atoms with Crippen LogP contribution in [0.1, 0.15) is 36.5 Å². The van der Waals surface area contributed by atoms with Crippen molar-refractivity contribution in [3.8, 4) is 11.4 Å². The van der Waals surface area contributed by atoms with Gasteiger partial charge in [0.2, 0.25) is 21.7 Å². The molecule has 0 bridgehead atoms. The highest BCUT2D eigenvalue weighted by Crippen LogP contribution is 2.34. The summed E-state index contributed by atoms with van der Waals surface area (Å²) in [5, 5.41) is 4.37. The molecule has 30 heavy (non-hydrogen) atoms. The van der Waals surface area contributed by atoms with Crippen molar-refractivity contribution in [2.75, 3.05) is 13.1 Å². The molecule has 10 heteroatoms. The van der Waals surface area contributed by atoms with Gasteiger partial charge >= 0.3 is 0 Å². The standard InChI is InChI=1S/C20H21FN4O3S2/c1-13-5-6-15(11-17(13)21)19-23-20(28-24-19)14(2)29-18-8-7-16(12-22-18)30(26,27)25-9-3-4-10-25/h5-8,11-12,14H,3-4,9-10H2,1-2H3. The summed E-state index contributed by atoms with van der Waals surface area (Å²) >= 11 is 1.37. The van der Waals surface area contributed by atoms with Crippen LogP contribution in [0.25, 0.3) is 11.4 Å². The van der Waals surface area contributed by atoms with E-state index in [1.807, 2.05) is 6.92 Å². The Hall–Kier alpha value is -2.30. The Kier molecular flexibility index (Phi) is 5.90. The average molecular weight is 449 g/mol. The van der Waals surface area contributed by atoms with Crippen LogP contribution in [0.3, 0.4) is 0 Å². The van der Waals surface area contributed by atoms with Gasteiger partial charge in [-0.3, -0.25) is 0 Å². The quantitative estimate of drug-likeness (QED) is 0.522. The summed E-state index contributed by atoms with van der Waals surface area (Å²) in [6.07, 6.45) is 3.16. The summed E-state index contributed by atoms with van der Waals surface area (Å²) in [7, 11) is -3.48. The molecule has 3 aromatic rings. The minimum Gasteiger partial charge on any atom is -0.338 e. The van der Waals surface area contributed by atoms with E-state index >= 15 is 0 Å². The van der Waals surface area contributed by atoms with Crippen molar-refractivity contribution >= 4 is 21.8 Å². The third-order valence-electron chi connectivity index (χ3n) is 4.93. The Morgan fingerprint density at radius 1 is 1.20 bits per heavy atom. The number of rotatable bonds is 6. The number of aromatic nitrogens is 3. The molecule has 0 N–H and O–H groups in total. The van der Waals surface area contributed by atoms with E-state index in [0.717, 1.165) is 12.8 Å². The topological polar surface area (TPSA) is 89.2 Å². The van der Waals surface area contributed by atoms with Crippen LogP contribution < -0.4 is 0 Å². The van der Waals surface area contributed by atoms with Gasteiger partial charge in [0, 0.05) is 24.8 Å². The van der Waals surface area contributed by atoms with Crippen LogP contribution in [0.15, 0.2) is 51.0 Å². The predicted molar refractivity (Wildman–Crippen MR) is 111 cm³/mol. The first-order chi connectivity index (χ1) is 14.3. The fraction of sp³-hybridized carbons (Fsp3) is 0.350. The molecular weight excluding hydrogens is 427 g/mol. The number of halogens is 1. The van der Waals surface area contributed by atoms with Gasteiger partial charge in [-0.25, -0.2) is 17.8 Å². The third kappa shape index (κ3) is 4.26. The summed E-state index contributed by atoms with van der Waals surface area (Å²) < 4.78 is 45.8. The van der Waals surface area contributed by atoms with Gasteiger partial charge in [-0.2, -0.15) is 9.29 Å². The van der Waals surface area contributed by atoms with E-state index in [1.165, 1.54) is 28.3 Å². The zero-order chi connectivity index (χ0) is 21.3. The highest BCUT2D eigenvalue weighted by atomic mass is 32.2. The Bertz CT molecular complexity index is 1140. The molecule has 7 nitrogen and oxygen atoms in total. The molecule has 1 unspecified atom stereocenters. The summed E-state index contributed by atoms with van der Waals surface area (Å²) in [4.78, 5) is 8.84. The van der Waals surface area contributed by atoms with Crippen molar-refractivity contribution in [3.63, 3.8) is 0 Å². The first-order valence-electron chi connectivity index (χ1n) is 9.57. The molecule has 2 aromatic heterocycles. The van der Waals surface area contributed by atoms with Crippen molar-refractivity contribution in [3.05, 3.63) is 53.8 Å². The van der Waals surface area contributed by atoms with Crippen molar-refractivity contribution in [2.45, 2.75) is 41.9 Å². The summed E-state index contributed by atoms with van der Waals surface area (Å²) in [6.45, 7) is 4.68. The molecule has 4 rings (SSSR count). The number of nitrogens with zero attached hydrogens (tertiary/aromatic N) is 4. The van der Waals surface area contributed by atoms with Crippen LogP contribution in [0, 0.1) is 12.7 Å². The maximum Gasteiger partial charge on any atom is 0.244 e. The third-order valence-corrected chi connectivity index (χ3v) is 7.85. The number of aryl methyl sites for hydroxylation is 1. The molecule has 1 aliphatic rings. The Balaban J connectivity index is 1.46. The lowest BCUT2D eigenvalue weighted by atomic mass is 10.1. The number of hydrogen-bond donors (Lipinski definition) is 0. The van der Waals surface area contributed by atoms with E-state index in [4.69, 9.17) is 4.52 Å². The van der Waals surface area contributed by atoms with Crippen LogP contribution in [0.2, 0.25) is 0 Å². The smallest absolute Gasteiger partial charge is 0.244 e. The number of benzene rings is 1. The van der Waals surface area contributed by atoms with Crippen LogP contribution in [0.5, 0.6) is 0 Å². The van der Waals surface area contributed by atoms with E-state index in [2.05, 4.69) is 15.1 Å². The fourth-order valence-corrected chi connectivity index (χ4v) is 5.43. The Labute approximate surface area is 178 Å². The van der Waals surface area contributed by atoms with Crippen LogP contribution in [-0.4, -0.2) is 40.9 Å². The number of sulfonamides is 1. The van der Waals surface area contributed by atoms with Gasteiger partial charge in [0.25, 0.3) is 0 Å². The highest BCUT2D eigenvalue weighted by molar-refractivity contribution is 7.99. The average Bonchev–Trinajstić information content (AvgIpc) is 3.43. The van der Waals surface area contributed by atoms with Crippen molar-refractivity contribution in [1.29, 1.82) is 0 Å². The van der Waals surface area contributed by atoms with Crippen LogP contribution in [-0.2, 0) is 10.0 Å². The van der Waals surface area contributed by atoms with Gasteiger partial charge in [-0.1, -0.05) is 29.1 Å². The van der Waals surface area contributed by atoms with E-state index in [9.17, 15) is 12.8 Å². The maximum atomic E-state index is 13.8. The Morgan fingerprint density at radius 3 is 2.63 bits per heavy atom. The second kappa shape index (κ2) is 8.44. The zero-order valence-electron chi connectivity index (χ0n) is 16.6. The molecule has 1 aromatic carbocycles. The molecule has 1 fully saturated rings.